The van der Waals surface area contributed by atoms with Crippen LogP contribution in [0.3, 0.4) is 0 Å². The molecule has 2 fully saturated rings. The van der Waals surface area contributed by atoms with E-state index in [-0.39, 0.29) is 5.91 Å². The number of nitrogens with one attached hydrogen (secondary N) is 1. The van der Waals surface area contributed by atoms with Crippen LogP contribution in [0.25, 0.3) is 0 Å². The van der Waals surface area contributed by atoms with Crippen LogP contribution in [0.4, 0.5) is 5.69 Å². The molecule has 1 aromatic carbocycles. The van der Waals surface area contributed by atoms with E-state index in [1.807, 2.05) is 25.1 Å². The molecular weight excluding hydrogens is 258 g/mol. The van der Waals surface area contributed by atoms with E-state index >= 15 is 0 Å². The van der Waals surface area contributed by atoms with Gasteiger partial charge in [-0.05, 0) is 61.6 Å². The molecule has 0 radical (unpaired) electrons. The number of carbonyl (C=O) groups excluding carboxylic acids is 1. The van der Waals surface area contributed by atoms with Crippen molar-refractivity contribution >= 4 is 23.2 Å². The number of halogens is 1. The molecule has 1 N–H and O–H groups in total. The van der Waals surface area contributed by atoms with Crippen LogP contribution in [0.5, 0.6) is 0 Å². The third kappa shape index (κ3) is 2.64. The third-order valence-electron chi connectivity index (χ3n) is 4.87. The minimum absolute atomic E-state index is 0.142. The Morgan fingerprint density at radius 2 is 2.21 bits per heavy atom. The lowest BCUT2D eigenvalue weighted by Crippen LogP contribution is -2.20. The highest BCUT2D eigenvalue weighted by molar-refractivity contribution is 6.31. The molecule has 0 unspecified atom stereocenters. The number of anilines is 1. The second-order valence-corrected chi connectivity index (χ2v) is 6.51. The monoisotopic (exact) mass is 277 g/mol. The summed E-state index contributed by atoms with van der Waals surface area (Å²) in [6.07, 6.45) is 6.00. The van der Waals surface area contributed by atoms with E-state index in [1.54, 1.807) is 0 Å². The summed E-state index contributed by atoms with van der Waals surface area (Å²) in [4.78, 5) is 12.2. The van der Waals surface area contributed by atoms with Gasteiger partial charge in [0.15, 0.2) is 0 Å². The first kappa shape index (κ1) is 13.0. The van der Waals surface area contributed by atoms with Crippen LogP contribution in [0, 0.1) is 24.7 Å². The van der Waals surface area contributed by atoms with Gasteiger partial charge in [0.25, 0.3) is 0 Å². The molecule has 2 bridgehead atoms. The summed E-state index contributed by atoms with van der Waals surface area (Å²) in [6.45, 7) is 1.94. The first-order valence-corrected chi connectivity index (χ1v) is 7.56. The summed E-state index contributed by atoms with van der Waals surface area (Å²) >= 11 is 6.07. The molecule has 2 saturated carbocycles. The van der Waals surface area contributed by atoms with Crippen molar-refractivity contribution in [3.63, 3.8) is 0 Å². The van der Waals surface area contributed by atoms with Crippen molar-refractivity contribution in [1.82, 2.24) is 0 Å². The zero-order chi connectivity index (χ0) is 13.4. The van der Waals surface area contributed by atoms with E-state index in [4.69, 9.17) is 11.6 Å². The number of rotatable bonds is 3. The lowest BCUT2D eigenvalue weighted by atomic mass is 9.86. The van der Waals surface area contributed by atoms with Gasteiger partial charge in [0.2, 0.25) is 5.91 Å². The van der Waals surface area contributed by atoms with E-state index in [0.29, 0.717) is 17.4 Å². The smallest absolute Gasteiger partial charge is 0.224 e. The van der Waals surface area contributed by atoms with Crippen molar-refractivity contribution in [2.45, 2.75) is 39.0 Å². The van der Waals surface area contributed by atoms with Gasteiger partial charge in [-0.3, -0.25) is 4.79 Å². The molecule has 0 spiro atoms. The van der Waals surface area contributed by atoms with Crippen molar-refractivity contribution in [3.05, 3.63) is 28.8 Å². The van der Waals surface area contributed by atoms with Gasteiger partial charge in [0, 0.05) is 17.1 Å². The molecule has 1 aromatic rings. The maximum atomic E-state index is 12.2. The van der Waals surface area contributed by atoms with Crippen LogP contribution in [-0.2, 0) is 4.79 Å². The minimum atomic E-state index is 0.142. The first-order valence-electron chi connectivity index (χ1n) is 7.18. The standard InChI is InChI=1S/C16H20ClNO/c1-10-14(17)3-2-4-15(10)18-16(19)9-13-8-11-5-6-12(13)7-11/h2-4,11-13H,5-9H2,1H3,(H,18,19)/t11-,12-,13+/m1/s1. The molecule has 2 aliphatic rings. The van der Waals surface area contributed by atoms with Gasteiger partial charge < -0.3 is 5.32 Å². The fraction of sp³-hybridized carbons (Fsp3) is 0.562. The summed E-state index contributed by atoms with van der Waals surface area (Å²) in [7, 11) is 0. The second-order valence-electron chi connectivity index (χ2n) is 6.10. The zero-order valence-electron chi connectivity index (χ0n) is 11.3. The maximum Gasteiger partial charge on any atom is 0.224 e. The highest BCUT2D eigenvalue weighted by Gasteiger charge is 2.40. The van der Waals surface area contributed by atoms with Gasteiger partial charge in [0.05, 0.1) is 0 Å². The highest BCUT2D eigenvalue weighted by Crippen LogP contribution is 2.49. The average molecular weight is 278 g/mol. The highest BCUT2D eigenvalue weighted by atomic mass is 35.5. The Hall–Kier alpha value is -1.02. The molecule has 1 amide bonds. The van der Waals surface area contributed by atoms with E-state index in [1.165, 1.54) is 25.7 Å². The van der Waals surface area contributed by atoms with Gasteiger partial charge in [-0.2, -0.15) is 0 Å². The van der Waals surface area contributed by atoms with E-state index < -0.39 is 0 Å². The maximum absolute atomic E-state index is 12.2. The lowest BCUT2D eigenvalue weighted by Gasteiger charge is -2.21. The fourth-order valence-electron chi connectivity index (χ4n) is 3.81. The molecule has 3 heteroatoms. The number of hydrogen-bond donors (Lipinski definition) is 1. The quantitative estimate of drug-likeness (QED) is 0.871. The Labute approximate surface area is 119 Å². The van der Waals surface area contributed by atoms with Crippen LogP contribution in [0.2, 0.25) is 5.02 Å². The van der Waals surface area contributed by atoms with Crippen molar-refractivity contribution < 1.29 is 4.79 Å². The Bertz CT molecular complexity index is 500. The number of carbonyl (C=O) groups is 1. The van der Waals surface area contributed by atoms with Gasteiger partial charge in [-0.25, -0.2) is 0 Å². The number of benzene rings is 1. The summed E-state index contributed by atoms with van der Waals surface area (Å²) < 4.78 is 0. The predicted molar refractivity (Wildman–Crippen MR) is 78.4 cm³/mol. The number of hydrogen-bond acceptors (Lipinski definition) is 1. The number of fused-ring (bicyclic) bond motifs is 2. The SMILES string of the molecule is Cc1c(Cl)cccc1NC(=O)C[C@@H]1C[C@@H]2CC[C@@H]1C2. The van der Waals surface area contributed by atoms with Crippen LogP contribution in [0.1, 0.15) is 37.7 Å². The molecule has 0 saturated heterocycles. The molecule has 102 valence electrons. The molecule has 3 rings (SSSR count). The molecule has 2 aliphatic carbocycles. The van der Waals surface area contributed by atoms with Crippen molar-refractivity contribution in [1.29, 1.82) is 0 Å². The van der Waals surface area contributed by atoms with Crippen molar-refractivity contribution in [3.8, 4) is 0 Å². The summed E-state index contributed by atoms with van der Waals surface area (Å²) in [5.41, 5.74) is 1.80. The van der Waals surface area contributed by atoms with Gasteiger partial charge >= 0.3 is 0 Å². The van der Waals surface area contributed by atoms with Crippen molar-refractivity contribution in [2.75, 3.05) is 5.32 Å². The largest absolute Gasteiger partial charge is 0.326 e. The van der Waals surface area contributed by atoms with Crippen LogP contribution >= 0.6 is 11.6 Å². The molecular formula is C16H20ClNO. The van der Waals surface area contributed by atoms with Gasteiger partial charge in [-0.15, -0.1) is 0 Å². The molecule has 3 atom stereocenters. The van der Waals surface area contributed by atoms with Crippen LogP contribution in [-0.4, -0.2) is 5.91 Å². The summed E-state index contributed by atoms with van der Waals surface area (Å²) in [5.74, 6) is 2.45. The van der Waals surface area contributed by atoms with Gasteiger partial charge in [-0.1, -0.05) is 24.1 Å². The Kier molecular flexibility index (Phi) is 3.53. The normalized spacial score (nSPS) is 28.6. The molecule has 0 aliphatic heterocycles. The lowest BCUT2D eigenvalue weighted by molar-refractivity contribution is -0.117. The minimum Gasteiger partial charge on any atom is -0.326 e. The van der Waals surface area contributed by atoms with Gasteiger partial charge in [0.1, 0.15) is 0 Å². The Balaban J connectivity index is 1.61. The molecule has 0 aromatic heterocycles. The van der Waals surface area contributed by atoms with Crippen LogP contribution < -0.4 is 5.32 Å². The Morgan fingerprint density at radius 1 is 1.37 bits per heavy atom. The number of amides is 1. The van der Waals surface area contributed by atoms with Crippen LogP contribution in [0.15, 0.2) is 18.2 Å². The Morgan fingerprint density at radius 3 is 2.89 bits per heavy atom. The van der Waals surface area contributed by atoms with Crippen molar-refractivity contribution in [2.24, 2.45) is 17.8 Å². The summed E-state index contributed by atoms with van der Waals surface area (Å²) in [5, 5.41) is 3.72. The predicted octanol–water partition coefficient (Wildman–Crippen LogP) is 4.41. The second kappa shape index (κ2) is 5.16. The molecule has 19 heavy (non-hydrogen) atoms. The average Bonchev–Trinajstić information content (AvgIpc) is 2.97. The summed E-state index contributed by atoms with van der Waals surface area (Å²) in [6, 6.07) is 5.64. The first-order chi connectivity index (χ1) is 9.13. The zero-order valence-corrected chi connectivity index (χ0v) is 12.0. The third-order valence-corrected chi connectivity index (χ3v) is 5.28. The molecule has 0 heterocycles. The fourth-order valence-corrected chi connectivity index (χ4v) is 3.98. The van der Waals surface area contributed by atoms with E-state index in [0.717, 1.165) is 23.1 Å². The van der Waals surface area contributed by atoms with E-state index in [9.17, 15) is 4.79 Å². The topological polar surface area (TPSA) is 29.1 Å². The van der Waals surface area contributed by atoms with E-state index in [2.05, 4.69) is 5.32 Å². The molecule has 2 nitrogen and oxygen atoms in total.